The molecule has 0 unspecified atom stereocenters. The second-order valence-electron chi connectivity index (χ2n) is 6.35. The van der Waals surface area contributed by atoms with Crippen molar-refractivity contribution < 1.29 is 9.59 Å². The zero-order valence-corrected chi connectivity index (χ0v) is 16.6. The number of carbonyl (C=O) groups is 2. The van der Waals surface area contributed by atoms with Crippen molar-refractivity contribution in [2.75, 3.05) is 30.7 Å². The van der Waals surface area contributed by atoms with Gasteiger partial charge in [0.1, 0.15) is 4.32 Å². The van der Waals surface area contributed by atoms with Crippen molar-refractivity contribution in [1.29, 1.82) is 0 Å². The Morgan fingerprint density at radius 1 is 1.12 bits per heavy atom. The number of likely N-dealkylation sites (tertiary alicyclic amines) is 1. The zero-order chi connectivity index (χ0) is 18.4. The average molecular weight is 380 g/mol. The van der Waals surface area contributed by atoms with Gasteiger partial charge in [0.2, 0.25) is 11.8 Å². The molecule has 7 heteroatoms. The molecule has 1 heterocycles. The lowest BCUT2D eigenvalue weighted by molar-refractivity contribution is -0.122. The molecule has 1 aromatic carbocycles. The topological polar surface area (TPSA) is 61.4 Å². The fourth-order valence-corrected chi connectivity index (χ4v) is 3.99. The molecule has 1 saturated heterocycles. The molecule has 0 saturated carbocycles. The van der Waals surface area contributed by atoms with E-state index in [9.17, 15) is 9.59 Å². The molecule has 1 aliphatic heterocycles. The molecule has 1 aliphatic rings. The molecule has 136 valence electrons. The van der Waals surface area contributed by atoms with Crippen LogP contribution >= 0.6 is 24.0 Å². The monoisotopic (exact) mass is 379 g/mol. The summed E-state index contributed by atoms with van der Waals surface area (Å²) >= 11 is 6.68. The maximum Gasteiger partial charge on any atom is 0.243 e. The van der Waals surface area contributed by atoms with E-state index >= 15 is 0 Å². The van der Waals surface area contributed by atoms with Crippen LogP contribution in [0, 0.1) is 20.8 Å². The highest BCUT2D eigenvalue weighted by atomic mass is 32.2. The van der Waals surface area contributed by atoms with Gasteiger partial charge in [-0.3, -0.25) is 9.59 Å². The number of thioether (sulfide) groups is 1. The molecular formula is C18H25N3O2S2. The van der Waals surface area contributed by atoms with E-state index < -0.39 is 0 Å². The second kappa shape index (κ2) is 9.20. The van der Waals surface area contributed by atoms with E-state index in [1.54, 1.807) is 0 Å². The first-order valence-electron chi connectivity index (χ1n) is 8.43. The normalized spacial score (nSPS) is 13.6. The van der Waals surface area contributed by atoms with Crippen molar-refractivity contribution in [3.05, 3.63) is 28.8 Å². The molecule has 2 N–H and O–H groups in total. The molecule has 0 aliphatic carbocycles. The average Bonchev–Trinajstić information content (AvgIpc) is 3.08. The van der Waals surface area contributed by atoms with Gasteiger partial charge >= 0.3 is 0 Å². The SMILES string of the molecule is Cc1cc(C)c(NC(=O)CNC(=O)CSC(=S)N2CCCC2)c(C)c1. The lowest BCUT2D eigenvalue weighted by Gasteiger charge is -2.17. The molecule has 1 fully saturated rings. The summed E-state index contributed by atoms with van der Waals surface area (Å²) in [5, 5.41) is 5.53. The number of hydrogen-bond acceptors (Lipinski definition) is 4. The van der Waals surface area contributed by atoms with Crippen LogP contribution in [-0.4, -0.2) is 46.4 Å². The number of nitrogens with zero attached hydrogens (tertiary/aromatic N) is 1. The van der Waals surface area contributed by atoms with Gasteiger partial charge in [-0.15, -0.1) is 0 Å². The first-order valence-corrected chi connectivity index (χ1v) is 9.82. The summed E-state index contributed by atoms with van der Waals surface area (Å²) in [6.45, 7) is 7.86. The van der Waals surface area contributed by atoms with Crippen LogP contribution in [0.2, 0.25) is 0 Å². The second-order valence-corrected chi connectivity index (χ2v) is 7.96. The Morgan fingerprint density at radius 2 is 1.72 bits per heavy atom. The summed E-state index contributed by atoms with van der Waals surface area (Å²) in [7, 11) is 0. The van der Waals surface area contributed by atoms with E-state index in [1.165, 1.54) is 11.8 Å². The van der Waals surface area contributed by atoms with Crippen molar-refractivity contribution in [2.45, 2.75) is 33.6 Å². The lowest BCUT2D eigenvalue weighted by Crippen LogP contribution is -2.35. The number of anilines is 1. The Bertz CT molecular complexity index is 647. The molecule has 0 aromatic heterocycles. The van der Waals surface area contributed by atoms with Crippen molar-refractivity contribution in [3.8, 4) is 0 Å². The molecular weight excluding hydrogens is 354 g/mol. The highest BCUT2D eigenvalue weighted by Gasteiger charge is 2.16. The van der Waals surface area contributed by atoms with Gasteiger partial charge in [0.05, 0.1) is 12.3 Å². The highest BCUT2D eigenvalue weighted by Crippen LogP contribution is 2.21. The largest absolute Gasteiger partial charge is 0.358 e. The summed E-state index contributed by atoms with van der Waals surface area (Å²) in [4.78, 5) is 26.1. The van der Waals surface area contributed by atoms with E-state index in [4.69, 9.17) is 12.2 Å². The van der Waals surface area contributed by atoms with E-state index in [0.29, 0.717) is 0 Å². The van der Waals surface area contributed by atoms with Crippen LogP contribution in [0.15, 0.2) is 12.1 Å². The predicted octanol–water partition coefficient (Wildman–Crippen LogP) is 2.78. The van der Waals surface area contributed by atoms with E-state index in [1.807, 2.05) is 32.9 Å². The Balaban J connectivity index is 1.74. The van der Waals surface area contributed by atoms with Gasteiger partial charge < -0.3 is 15.5 Å². The molecule has 25 heavy (non-hydrogen) atoms. The molecule has 5 nitrogen and oxygen atoms in total. The third-order valence-corrected chi connectivity index (χ3v) is 5.60. The predicted molar refractivity (Wildman–Crippen MR) is 108 cm³/mol. The summed E-state index contributed by atoms with van der Waals surface area (Å²) < 4.78 is 0.767. The van der Waals surface area contributed by atoms with Crippen molar-refractivity contribution in [2.24, 2.45) is 0 Å². The number of benzene rings is 1. The van der Waals surface area contributed by atoms with Gasteiger partial charge in [0, 0.05) is 18.8 Å². The molecule has 2 amide bonds. The van der Waals surface area contributed by atoms with Gasteiger partial charge in [0.15, 0.2) is 0 Å². The fraction of sp³-hybridized carbons (Fsp3) is 0.500. The van der Waals surface area contributed by atoms with E-state index in [2.05, 4.69) is 15.5 Å². The minimum absolute atomic E-state index is 0.0391. The van der Waals surface area contributed by atoms with Crippen molar-refractivity contribution in [1.82, 2.24) is 10.2 Å². The standard InChI is InChI=1S/C18H25N3O2S2/c1-12-8-13(2)17(14(3)9-12)20-15(22)10-19-16(23)11-25-18(24)21-6-4-5-7-21/h8-9H,4-7,10-11H2,1-3H3,(H,19,23)(H,20,22). The van der Waals surface area contributed by atoms with Crippen LogP contribution in [0.5, 0.6) is 0 Å². The summed E-state index contributed by atoms with van der Waals surface area (Å²) in [6.07, 6.45) is 2.32. The number of amides is 2. The molecule has 0 spiro atoms. The van der Waals surface area contributed by atoms with Crippen LogP contribution in [0.4, 0.5) is 5.69 Å². The van der Waals surface area contributed by atoms with Crippen molar-refractivity contribution in [3.63, 3.8) is 0 Å². The molecule has 0 bridgehead atoms. The van der Waals surface area contributed by atoms with Crippen LogP contribution in [0.25, 0.3) is 0 Å². The van der Waals surface area contributed by atoms with Gasteiger partial charge in [-0.05, 0) is 44.7 Å². The minimum atomic E-state index is -0.226. The maximum absolute atomic E-state index is 12.1. The number of aryl methyl sites for hydroxylation is 3. The number of thiocarbonyl (C=S) groups is 1. The van der Waals surface area contributed by atoms with E-state index in [0.717, 1.165) is 52.6 Å². The first-order chi connectivity index (χ1) is 11.9. The Labute approximate surface area is 158 Å². The molecule has 0 atom stereocenters. The minimum Gasteiger partial charge on any atom is -0.358 e. The highest BCUT2D eigenvalue weighted by molar-refractivity contribution is 8.23. The smallest absolute Gasteiger partial charge is 0.243 e. The first kappa shape index (κ1) is 19.7. The Kier molecular flexibility index (Phi) is 7.25. The third kappa shape index (κ3) is 6.01. The van der Waals surface area contributed by atoms with Gasteiger partial charge in [-0.25, -0.2) is 0 Å². The number of hydrogen-bond donors (Lipinski definition) is 2. The quantitative estimate of drug-likeness (QED) is 0.771. The fourth-order valence-electron chi connectivity index (χ4n) is 2.91. The third-order valence-electron chi connectivity index (χ3n) is 4.08. The summed E-state index contributed by atoms with van der Waals surface area (Å²) in [5.74, 6) is -0.167. The van der Waals surface area contributed by atoms with Crippen molar-refractivity contribution >= 4 is 45.8 Å². The number of nitrogens with one attached hydrogen (secondary N) is 2. The Hall–Kier alpha value is -1.60. The lowest BCUT2D eigenvalue weighted by atomic mass is 10.1. The molecule has 0 radical (unpaired) electrons. The van der Waals surface area contributed by atoms with Gasteiger partial charge in [0.25, 0.3) is 0 Å². The van der Waals surface area contributed by atoms with Crippen LogP contribution in [-0.2, 0) is 9.59 Å². The summed E-state index contributed by atoms with van der Waals surface area (Å²) in [6, 6.07) is 4.05. The van der Waals surface area contributed by atoms with Crippen LogP contribution in [0.1, 0.15) is 29.5 Å². The molecule has 1 aromatic rings. The number of carbonyl (C=O) groups excluding carboxylic acids is 2. The maximum atomic E-state index is 12.1. The summed E-state index contributed by atoms with van der Waals surface area (Å²) in [5.41, 5.74) is 4.01. The number of rotatable bonds is 5. The van der Waals surface area contributed by atoms with Crippen LogP contribution in [0.3, 0.4) is 0 Å². The molecule has 2 rings (SSSR count). The zero-order valence-electron chi connectivity index (χ0n) is 15.0. The van der Waals surface area contributed by atoms with Gasteiger partial charge in [-0.1, -0.05) is 41.7 Å². The van der Waals surface area contributed by atoms with E-state index in [-0.39, 0.29) is 24.1 Å². The Morgan fingerprint density at radius 3 is 2.32 bits per heavy atom. The van der Waals surface area contributed by atoms with Crippen LogP contribution < -0.4 is 10.6 Å². The van der Waals surface area contributed by atoms with Gasteiger partial charge in [-0.2, -0.15) is 0 Å².